The number of carbonyl (C=O) groups is 2. The number of hydrogen-bond donors (Lipinski definition) is 0. The van der Waals surface area contributed by atoms with Crippen LogP contribution in [0.15, 0.2) is 0 Å². The molecule has 5 nitrogen and oxygen atoms in total. The molecular weight excluding hydrogens is 212 g/mol. The van der Waals surface area contributed by atoms with Crippen molar-refractivity contribution in [3.63, 3.8) is 0 Å². The second kappa shape index (κ2) is 5.84. The van der Waals surface area contributed by atoms with Crippen LogP contribution in [0.4, 0.5) is 0 Å². The molecule has 1 rings (SSSR count). The number of hydrogen-bond acceptors (Lipinski definition) is 5. The zero-order valence-corrected chi connectivity index (χ0v) is 9.89. The van der Waals surface area contributed by atoms with Crippen LogP contribution in [0.2, 0.25) is 0 Å². The summed E-state index contributed by atoms with van der Waals surface area (Å²) in [4.78, 5) is 21.8. The largest absolute Gasteiger partial charge is 0.462 e. The van der Waals surface area contributed by atoms with Gasteiger partial charge < -0.3 is 14.2 Å². The highest BCUT2D eigenvalue weighted by Gasteiger charge is 2.37. The summed E-state index contributed by atoms with van der Waals surface area (Å²) in [6.07, 6.45) is 0.562. The summed E-state index contributed by atoms with van der Waals surface area (Å²) >= 11 is 0. The first-order chi connectivity index (χ1) is 7.54. The van der Waals surface area contributed by atoms with E-state index in [1.807, 2.05) is 6.92 Å². The first-order valence-electron chi connectivity index (χ1n) is 5.50. The molecule has 1 heterocycles. The van der Waals surface area contributed by atoms with E-state index in [0.29, 0.717) is 13.0 Å². The Kier molecular flexibility index (Phi) is 4.73. The number of esters is 2. The average molecular weight is 230 g/mol. The molecule has 16 heavy (non-hydrogen) atoms. The molecule has 5 heteroatoms. The smallest absolute Gasteiger partial charge is 0.304 e. The van der Waals surface area contributed by atoms with E-state index < -0.39 is 6.29 Å². The topological polar surface area (TPSA) is 61.8 Å². The van der Waals surface area contributed by atoms with Crippen molar-refractivity contribution in [2.24, 2.45) is 5.92 Å². The second-order valence-electron chi connectivity index (χ2n) is 3.86. The van der Waals surface area contributed by atoms with Gasteiger partial charge in [0.1, 0.15) is 6.10 Å². The van der Waals surface area contributed by atoms with Gasteiger partial charge in [0, 0.05) is 20.3 Å². The molecule has 0 N–H and O–H groups in total. The van der Waals surface area contributed by atoms with Crippen LogP contribution >= 0.6 is 0 Å². The summed E-state index contributed by atoms with van der Waals surface area (Å²) in [5, 5.41) is 0. The van der Waals surface area contributed by atoms with Crippen molar-refractivity contribution in [1.82, 2.24) is 0 Å². The number of carbonyl (C=O) groups excluding carboxylic acids is 2. The molecule has 0 aromatic heterocycles. The molecule has 1 fully saturated rings. The van der Waals surface area contributed by atoms with E-state index in [9.17, 15) is 9.59 Å². The van der Waals surface area contributed by atoms with Gasteiger partial charge in [-0.1, -0.05) is 6.92 Å². The molecule has 0 amide bonds. The third kappa shape index (κ3) is 3.48. The van der Waals surface area contributed by atoms with Gasteiger partial charge in [0.2, 0.25) is 6.29 Å². The van der Waals surface area contributed by atoms with Crippen LogP contribution in [0.1, 0.15) is 33.6 Å². The van der Waals surface area contributed by atoms with E-state index >= 15 is 0 Å². The van der Waals surface area contributed by atoms with Gasteiger partial charge in [0.25, 0.3) is 0 Å². The van der Waals surface area contributed by atoms with Crippen LogP contribution in [0.3, 0.4) is 0 Å². The normalized spacial score (nSPS) is 29.6. The van der Waals surface area contributed by atoms with Crippen molar-refractivity contribution >= 4 is 11.9 Å². The van der Waals surface area contributed by atoms with Gasteiger partial charge in [-0.15, -0.1) is 0 Å². The lowest BCUT2D eigenvalue weighted by Crippen LogP contribution is -2.43. The Morgan fingerprint density at radius 1 is 1.25 bits per heavy atom. The highest BCUT2D eigenvalue weighted by molar-refractivity contribution is 5.66. The fraction of sp³-hybridized carbons (Fsp3) is 0.818. The highest BCUT2D eigenvalue weighted by atomic mass is 16.7. The predicted octanol–water partition coefficient (Wildman–Crippen LogP) is 1.25. The van der Waals surface area contributed by atoms with Crippen LogP contribution in [-0.2, 0) is 23.8 Å². The summed E-state index contributed by atoms with van der Waals surface area (Å²) < 4.78 is 15.6. The van der Waals surface area contributed by atoms with Gasteiger partial charge >= 0.3 is 11.9 Å². The minimum Gasteiger partial charge on any atom is -0.462 e. The standard InChI is InChI=1S/C11H18O5/c1-4-9-10(15-7(2)12)5-6-14-11(9)16-8(3)13/h9-11H,4-6H2,1-3H3. The molecule has 1 saturated heterocycles. The molecule has 0 bridgehead atoms. The first-order valence-corrected chi connectivity index (χ1v) is 5.50. The van der Waals surface area contributed by atoms with Crippen LogP contribution in [0.25, 0.3) is 0 Å². The third-order valence-electron chi connectivity index (χ3n) is 2.58. The van der Waals surface area contributed by atoms with Crippen molar-refractivity contribution in [2.45, 2.75) is 46.0 Å². The second-order valence-corrected chi connectivity index (χ2v) is 3.86. The zero-order chi connectivity index (χ0) is 12.1. The van der Waals surface area contributed by atoms with E-state index in [1.54, 1.807) is 0 Å². The van der Waals surface area contributed by atoms with Gasteiger partial charge in [-0.3, -0.25) is 9.59 Å². The summed E-state index contributed by atoms with van der Waals surface area (Å²) in [6.45, 7) is 5.10. The molecule has 1 aliphatic rings. The lowest BCUT2D eigenvalue weighted by Gasteiger charge is -2.35. The fourth-order valence-corrected chi connectivity index (χ4v) is 1.91. The van der Waals surface area contributed by atoms with E-state index in [4.69, 9.17) is 14.2 Å². The van der Waals surface area contributed by atoms with Crippen LogP contribution < -0.4 is 0 Å². The molecule has 0 spiro atoms. The molecule has 0 radical (unpaired) electrons. The van der Waals surface area contributed by atoms with Gasteiger partial charge in [0.05, 0.1) is 12.5 Å². The number of rotatable bonds is 3. The van der Waals surface area contributed by atoms with E-state index in [1.165, 1.54) is 13.8 Å². The van der Waals surface area contributed by atoms with Gasteiger partial charge in [-0.05, 0) is 6.42 Å². The zero-order valence-electron chi connectivity index (χ0n) is 9.89. The van der Waals surface area contributed by atoms with Crippen molar-refractivity contribution in [1.29, 1.82) is 0 Å². The lowest BCUT2D eigenvalue weighted by molar-refractivity contribution is -0.223. The van der Waals surface area contributed by atoms with E-state index in [2.05, 4.69) is 0 Å². The molecule has 3 atom stereocenters. The predicted molar refractivity (Wildman–Crippen MR) is 55.5 cm³/mol. The van der Waals surface area contributed by atoms with Crippen LogP contribution in [-0.4, -0.2) is 30.9 Å². The Hall–Kier alpha value is -1.10. The van der Waals surface area contributed by atoms with Gasteiger partial charge in [-0.25, -0.2) is 0 Å². The Morgan fingerprint density at radius 2 is 1.88 bits per heavy atom. The summed E-state index contributed by atoms with van der Waals surface area (Å²) in [6, 6.07) is 0. The number of ether oxygens (including phenoxy) is 3. The Labute approximate surface area is 95.0 Å². The van der Waals surface area contributed by atoms with Crippen molar-refractivity contribution < 1.29 is 23.8 Å². The SMILES string of the molecule is CCC1C(OC(C)=O)CCOC1OC(C)=O. The molecule has 0 aromatic rings. The lowest BCUT2D eigenvalue weighted by atomic mass is 9.94. The van der Waals surface area contributed by atoms with Gasteiger partial charge in [-0.2, -0.15) is 0 Å². The Morgan fingerprint density at radius 3 is 2.38 bits per heavy atom. The van der Waals surface area contributed by atoms with Crippen LogP contribution in [0.5, 0.6) is 0 Å². The van der Waals surface area contributed by atoms with E-state index in [-0.39, 0.29) is 24.0 Å². The maximum atomic E-state index is 10.9. The minimum atomic E-state index is -0.597. The highest BCUT2D eigenvalue weighted by Crippen LogP contribution is 2.27. The summed E-state index contributed by atoms with van der Waals surface area (Å²) in [7, 11) is 0. The molecular formula is C11H18O5. The fourth-order valence-electron chi connectivity index (χ4n) is 1.91. The van der Waals surface area contributed by atoms with Crippen molar-refractivity contribution in [2.75, 3.05) is 6.61 Å². The van der Waals surface area contributed by atoms with Crippen molar-refractivity contribution in [3.8, 4) is 0 Å². The molecule has 92 valence electrons. The van der Waals surface area contributed by atoms with Crippen molar-refractivity contribution in [3.05, 3.63) is 0 Å². The van der Waals surface area contributed by atoms with Crippen LogP contribution in [0, 0.1) is 5.92 Å². The molecule has 0 aliphatic carbocycles. The van der Waals surface area contributed by atoms with E-state index in [0.717, 1.165) is 6.42 Å². The average Bonchev–Trinajstić information content (AvgIpc) is 2.16. The quantitative estimate of drug-likeness (QED) is 0.683. The Bertz CT molecular complexity index is 239. The Balaban J connectivity index is 2.64. The molecule has 3 unspecified atom stereocenters. The maximum Gasteiger partial charge on any atom is 0.304 e. The first kappa shape index (κ1) is 13.0. The molecule has 0 aromatic carbocycles. The minimum absolute atomic E-state index is 0.0819. The molecule has 0 saturated carbocycles. The maximum absolute atomic E-state index is 10.9. The molecule has 1 aliphatic heterocycles. The summed E-state index contributed by atoms with van der Waals surface area (Å²) in [5.41, 5.74) is 0. The summed E-state index contributed by atoms with van der Waals surface area (Å²) in [5.74, 6) is -0.777. The third-order valence-corrected chi connectivity index (χ3v) is 2.58. The van der Waals surface area contributed by atoms with Gasteiger partial charge in [0.15, 0.2) is 0 Å². The monoisotopic (exact) mass is 230 g/mol.